The van der Waals surface area contributed by atoms with Crippen LogP contribution in [0.3, 0.4) is 0 Å². The second kappa shape index (κ2) is 5.61. The minimum Gasteiger partial charge on any atom is -0.213 e. The summed E-state index contributed by atoms with van der Waals surface area (Å²) < 4.78 is 1.81. The minimum absolute atomic E-state index is 0.243. The van der Waals surface area contributed by atoms with Crippen LogP contribution in [0.4, 0.5) is 0 Å². The van der Waals surface area contributed by atoms with Crippen molar-refractivity contribution in [1.82, 2.24) is 25.0 Å². The molecule has 21 heavy (non-hydrogen) atoms. The van der Waals surface area contributed by atoms with Gasteiger partial charge >= 0.3 is 0 Å². The summed E-state index contributed by atoms with van der Waals surface area (Å²) in [5, 5.41) is 13.0. The Morgan fingerprint density at radius 1 is 1.05 bits per heavy atom. The molecule has 0 saturated heterocycles. The van der Waals surface area contributed by atoms with Crippen molar-refractivity contribution >= 4 is 11.6 Å². The van der Waals surface area contributed by atoms with E-state index in [9.17, 15) is 0 Å². The smallest absolute Gasteiger partial charge is 0.165 e. The summed E-state index contributed by atoms with van der Waals surface area (Å²) in [6.45, 7) is 4.13. The number of hydrogen-bond donors (Lipinski definition) is 0. The van der Waals surface area contributed by atoms with Gasteiger partial charge in [0, 0.05) is 16.5 Å². The second-order valence-electron chi connectivity index (χ2n) is 4.97. The average Bonchev–Trinajstić information content (AvgIpc) is 2.94. The van der Waals surface area contributed by atoms with E-state index in [1.54, 1.807) is 12.4 Å². The lowest BCUT2D eigenvalue weighted by Crippen LogP contribution is -2.00. The third kappa shape index (κ3) is 2.78. The highest BCUT2D eigenvalue weighted by atomic mass is 35.5. The molecular formula is C15H14ClN5. The van der Waals surface area contributed by atoms with Crippen molar-refractivity contribution in [2.45, 2.75) is 19.8 Å². The summed E-state index contributed by atoms with van der Waals surface area (Å²) in [7, 11) is 0. The van der Waals surface area contributed by atoms with Crippen LogP contribution in [0.15, 0.2) is 42.7 Å². The van der Waals surface area contributed by atoms with Gasteiger partial charge < -0.3 is 0 Å². The predicted molar refractivity (Wildman–Crippen MR) is 81.5 cm³/mol. The summed E-state index contributed by atoms with van der Waals surface area (Å²) in [4.78, 5) is 4.63. The van der Waals surface area contributed by atoms with Crippen LogP contribution in [0.2, 0.25) is 5.02 Å². The Hall–Kier alpha value is -2.27. The van der Waals surface area contributed by atoms with Crippen molar-refractivity contribution in [3.63, 3.8) is 0 Å². The lowest BCUT2D eigenvalue weighted by Gasteiger charge is -2.05. The summed E-state index contributed by atoms with van der Waals surface area (Å²) >= 11 is 5.95. The first kappa shape index (κ1) is 13.7. The van der Waals surface area contributed by atoms with Gasteiger partial charge in [-0.05, 0) is 30.3 Å². The summed E-state index contributed by atoms with van der Waals surface area (Å²) in [5.41, 5.74) is 1.78. The lowest BCUT2D eigenvalue weighted by molar-refractivity contribution is 0.754. The molecule has 0 bridgehead atoms. The van der Waals surface area contributed by atoms with Crippen LogP contribution in [0, 0.1) is 0 Å². The average molecular weight is 300 g/mol. The third-order valence-corrected chi connectivity index (χ3v) is 3.31. The predicted octanol–water partition coefficient (Wildman–Crippen LogP) is 3.50. The lowest BCUT2D eigenvalue weighted by atomic mass is 10.2. The van der Waals surface area contributed by atoms with Crippen LogP contribution in [0.25, 0.3) is 17.1 Å². The van der Waals surface area contributed by atoms with E-state index in [0.717, 1.165) is 22.9 Å². The summed E-state index contributed by atoms with van der Waals surface area (Å²) in [5.74, 6) is 1.78. The second-order valence-corrected chi connectivity index (χ2v) is 5.40. The Balaban J connectivity index is 2.16. The van der Waals surface area contributed by atoms with E-state index in [2.05, 4.69) is 34.1 Å². The van der Waals surface area contributed by atoms with Gasteiger partial charge in [-0.25, -0.2) is 9.67 Å². The molecule has 0 aliphatic heterocycles. The number of benzene rings is 1. The Morgan fingerprint density at radius 3 is 2.43 bits per heavy atom. The fourth-order valence-corrected chi connectivity index (χ4v) is 2.07. The van der Waals surface area contributed by atoms with E-state index < -0.39 is 0 Å². The molecule has 3 aromatic rings. The van der Waals surface area contributed by atoms with E-state index in [0.29, 0.717) is 5.02 Å². The largest absolute Gasteiger partial charge is 0.213 e. The maximum absolute atomic E-state index is 5.95. The van der Waals surface area contributed by atoms with Gasteiger partial charge in [-0.3, -0.25) is 0 Å². The molecule has 0 atom stereocenters. The number of nitrogens with zero attached hydrogens (tertiary/aromatic N) is 5. The maximum Gasteiger partial charge on any atom is 0.165 e. The zero-order valence-electron chi connectivity index (χ0n) is 11.7. The Labute approximate surface area is 127 Å². The van der Waals surface area contributed by atoms with Crippen molar-refractivity contribution in [3.05, 3.63) is 53.6 Å². The highest BCUT2D eigenvalue weighted by Gasteiger charge is 2.15. The van der Waals surface area contributed by atoms with Crippen LogP contribution < -0.4 is 0 Å². The Bertz CT molecular complexity index is 735. The highest BCUT2D eigenvalue weighted by molar-refractivity contribution is 6.30. The normalized spacial score (nSPS) is 11.0. The van der Waals surface area contributed by atoms with Gasteiger partial charge in [-0.1, -0.05) is 25.4 Å². The van der Waals surface area contributed by atoms with Gasteiger partial charge in [0.1, 0.15) is 0 Å². The molecule has 1 aromatic carbocycles. The molecule has 2 heterocycles. The van der Waals surface area contributed by atoms with Gasteiger partial charge in [0.15, 0.2) is 11.6 Å². The van der Waals surface area contributed by atoms with Gasteiger partial charge in [0.05, 0.1) is 18.1 Å². The van der Waals surface area contributed by atoms with E-state index in [1.165, 1.54) is 0 Å². The maximum atomic E-state index is 5.95. The SMILES string of the molecule is CC(C)c1nc(-c2ccnnc2)n(-c2ccc(Cl)cc2)n1. The number of aromatic nitrogens is 5. The molecule has 106 valence electrons. The quantitative estimate of drug-likeness (QED) is 0.742. The first-order valence-corrected chi connectivity index (χ1v) is 7.03. The zero-order chi connectivity index (χ0) is 14.8. The monoisotopic (exact) mass is 299 g/mol. The molecular weight excluding hydrogens is 286 g/mol. The van der Waals surface area contributed by atoms with E-state index in [1.807, 2.05) is 35.0 Å². The highest BCUT2D eigenvalue weighted by Crippen LogP contribution is 2.23. The molecule has 0 unspecified atom stereocenters. The number of halogens is 1. The molecule has 2 aromatic heterocycles. The van der Waals surface area contributed by atoms with E-state index in [4.69, 9.17) is 11.6 Å². The topological polar surface area (TPSA) is 56.5 Å². The molecule has 3 rings (SSSR count). The molecule has 0 spiro atoms. The molecule has 0 radical (unpaired) electrons. The van der Waals surface area contributed by atoms with Crippen molar-refractivity contribution in [1.29, 1.82) is 0 Å². The third-order valence-electron chi connectivity index (χ3n) is 3.05. The molecule has 0 amide bonds. The van der Waals surface area contributed by atoms with Crippen molar-refractivity contribution in [2.24, 2.45) is 0 Å². The standard InChI is InChI=1S/C15H14ClN5/c1-10(2)14-19-15(11-7-8-17-18-9-11)21(20-14)13-5-3-12(16)4-6-13/h3-10H,1-2H3. The van der Waals surface area contributed by atoms with Gasteiger partial charge in [-0.2, -0.15) is 15.3 Å². The van der Waals surface area contributed by atoms with Crippen LogP contribution >= 0.6 is 11.6 Å². The fraction of sp³-hybridized carbons (Fsp3) is 0.200. The van der Waals surface area contributed by atoms with E-state index >= 15 is 0 Å². The molecule has 6 heteroatoms. The van der Waals surface area contributed by atoms with Gasteiger partial charge in [-0.15, -0.1) is 0 Å². The fourth-order valence-electron chi connectivity index (χ4n) is 1.94. The van der Waals surface area contributed by atoms with Crippen LogP contribution in [-0.4, -0.2) is 25.0 Å². The first-order valence-electron chi connectivity index (χ1n) is 6.65. The van der Waals surface area contributed by atoms with Crippen molar-refractivity contribution < 1.29 is 0 Å². The molecule has 0 aliphatic rings. The zero-order valence-corrected chi connectivity index (χ0v) is 12.5. The van der Waals surface area contributed by atoms with E-state index in [-0.39, 0.29) is 5.92 Å². The number of hydrogen-bond acceptors (Lipinski definition) is 4. The van der Waals surface area contributed by atoms with Crippen molar-refractivity contribution in [3.8, 4) is 17.1 Å². The summed E-state index contributed by atoms with van der Waals surface area (Å²) in [6, 6.07) is 9.37. The van der Waals surface area contributed by atoms with Crippen molar-refractivity contribution in [2.75, 3.05) is 0 Å². The summed E-state index contributed by atoms with van der Waals surface area (Å²) in [6.07, 6.45) is 3.33. The van der Waals surface area contributed by atoms with Crippen LogP contribution in [0.1, 0.15) is 25.6 Å². The molecule has 0 aliphatic carbocycles. The number of rotatable bonds is 3. The van der Waals surface area contributed by atoms with Crippen LogP contribution in [-0.2, 0) is 0 Å². The van der Waals surface area contributed by atoms with Gasteiger partial charge in [0.25, 0.3) is 0 Å². The molecule has 0 N–H and O–H groups in total. The first-order chi connectivity index (χ1) is 10.1. The van der Waals surface area contributed by atoms with Gasteiger partial charge in [0.2, 0.25) is 0 Å². The Kier molecular flexibility index (Phi) is 3.66. The molecule has 5 nitrogen and oxygen atoms in total. The molecule has 0 saturated carbocycles. The molecule has 0 fully saturated rings. The Morgan fingerprint density at radius 2 is 1.81 bits per heavy atom. The van der Waals surface area contributed by atoms with Crippen LogP contribution in [0.5, 0.6) is 0 Å². The minimum atomic E-state index is 0.243.